The van der Waals surface area contributed by atoms with Crippen LogP contribution in [-0.4, -0.2) is 5.40 Å². The first-order valence-corrected chi connectivity index (χ1v) is 7.45. The van der Waals surface area contributed by atoms with Crippen molar-refractivity contribution >= 4 is 73.7 Å². The van der Waals surface area contributed by atoms with Gasteiger partial charge in [-0.3, -0.25) is 0 Å². The summed E-state index contributed by atoms with van der Waals surface area (Å²) in [6.45, 7) is 0. The third kappa shape index (κ3) is 8.50. The summed E-state index contributed by atoms with van der Waals surface area (Å²) in [7, 11) is 0. The van der Waals surface area contributed by atoms with Crippen molar-refractivity contribution in [2.75, 3.05) is 0 Å². The molecule has 0 rings (SSSR count). The van der Waals surface area contributed by atoms with Crippen LogP contribution >= 0.6 is 67.8 Å². The molecule has 2 nitrogen and oxygen atoms in total. The second-order valence-corrected chi connectivity index (χ2v) is 14.1. The van der Waals surface area contributed by atoms with E-state index in [0.29, 0.717) is 6.42 Å². The van der Waals surface area contributed by atoms with Crippen molar-refractivity contribution in [2.45, 2.75) is 5.86 Å². The molecule has 0 N–H and O–H groups in total. The first-order chi connectivity index (χ1) is 3.95. The van der Waals surface area contributed by atoms with E-state index in [4.69, 9.17) is 0 Å². The standard InChI is InChI=1S/C3H3I3O2.Hg/c4-3(5,6)1-2(7)8;/h1H2,(H,7,8);/q;+1/p-1. The molecule has 0 bridgehead atoms. The van der Waals surface area contributed by atoms with Crippen LogP contribution in [0.3, 0.4) is 0 Å². The number of carbonyl (C=O) groups is 1. The molecule has 0 radical (unpaired) electrons. The molecule has 0 fully saturated rings. The molecule has 0 aromatic heterocycles. The average Bonchev–Trinajstić information content (AvgIpc) is 1.62. The van der Waals surface area contributed by atoms with Crippen molar-refractivity contribution in [3.8, 4) is 0 Å². The van der Waals surface area contributed by atoms with E-state index in [1.807, 2.05) is 0 Å². The predicted molar refractivity (Wildman–Crippen MR) is 55.5 cm³/mol. The van der Waals surface area contributed by atoms with Crippen molar-refractivity contribution in [3.05, 3.63) is 0 Å². The van der Waals surface area contributed by atoms with Crippen LogP contribution in [-0.2, 0) is 34.0 Å². The zero-order valence-electron chi connectivity index (χ0n) is 4.36. The van der Waals surface area contributed by atoms with Crippen LogP contribution in [0.5, 0.6) is 0 Å². The second-order valence-electron chi connectivity index (χ2n) is 1.31. The van der Waals surface area contributed by atoms with Crippen molar-refractivity contribution < 1.29 is 34.0 Å². The van der Waals surface area contributed by atoms with Gasteiger partial charge in [-0.25, -0.2) is 0 Å². The topological polar surface area (TPSA) is 26.3 Å². The van der Waals surface area contributed by atoms with Gasteiger partial charge in [0.15, 0.2) is 0 Å². The third-order valence-electron chi connectivity index (χ3n) is 0.506. The van der Waals surface area contributed by atoms with Gasteiger partial charge in [0, 0.05) is 0 Å². The molecule has 0 spiro atoms. The molecule has 0 saturated heterocycles. The van der Waals surface area contributed by atoms with E-state index >= 15 is 0 Å². The Kier molecular flexibility index (Phi) is 6.80. The Hall–Kier alpha value is 2.60. The van der Waals surface area contributed by atoms with Gasteiger partial charge in [0.1, 0.15) is 0 Å². The molecule has 9 heavy (non-hydrogen) atoms. The third-order valence-corrected chi connectivity index (χ3v) is 2.90. The Bertz CT molecular complexity index is 110. The van der Waals surface area contributed by atoms with Gasteiger partial charge in [-0.15, -0.1) is 0 Å². The Morgan fingerprint density at radius 2 is 2.00 bits per heavy atom. The molecule has 0 saturated carbocycles. The Balaban J connectivity index is 3.60. The molecule has 0 aliphatic heterocycles. The zero-order chi connectivity index (χ0) is 7.49. The fourth-order valence-electron chi connectivity index (χ4n) is 0.215. The van der Waals surface area contributed by atoms with Crippen LogP contribution in [0.15, 0.2) is 0 Å². The zero-order valence-corrected chi connectivity index (χ0v) is 16.3. The van der Waals surface area contributed by atoms with Crippen LogP contribution in [0.25, 0.3) is 0 Å². The van der Waals surface area contributed by atoms with Crippen LogP contribution in [0.1, 0.15) is 6.42 Å². The minimum atomic E-state index is -0.0727. The molecule has 6 heteroatoms. The van der Waals surface area contributed by atoms with Crippen molar-refractivity contribution in [1.29, 1.82) is 0 Å². The van der Waals surface area contributed by atoms with Gasteiger partial charge in [-0.2, -0.15) is 0 Å². The first-order valence-electron chi connectivity index (χ1n) is 1.97. The monoisotopic (exact) mass is 653 g/mol. The molecule has 0 aliphatic carbocycles. The van der Waals surface area contributed by atoms with Gasteiger partial charge >= 0.3 is 114 Å². The summed E-state index contributed by atoms with van der Waals surface area (Å²) in [6, 6.07) is 0. The van der Waals surface area contributed by atoms with Gasteiger partial charge in [-0.1, -0.05) is 0 Å². The van der Waals surface area contributed by atoms with Gasteiger partial charge < -0.3 is 0 Å². The Morgan fingerprint density at radius 1 is 1.56 bits per heavy atom. The number of hydrogen-bond acceptors (Lipinski definition) is 2. The van der Waals surface area contributed by atoms with Crippen LogP contribution in [0, 0.1) is 0 Å². The van der Waals surface area contributed by atoms with E-state index < -0.39 is 0 Å². The summed E-state index contributed by atoms with van der Waals surface area (Å²) >= 11 is 6.78. The molecular formula is C3H2HgI3O2. The first kappa shape index (κ1) is 11.6. The van der Waals surface area contributed by atoms with Gasteiger partial charge in [0.05, 0.1) is 0 Å². The van der Waals surface area contributed by atoms with E-state index in [0.717, 1.165) is 0 Å². The summed E-state index contributed by atoms with van der Waals surface area (Å²) in [6.07, 6.45) is 0.498. The molecule has 0 unspecified atom stereocenters. The van der Waals surface area contributed by atoms with Crippen LogP contribution in [0.4, 0.5) is 0 Å². The van der Waals surface area contributed by atoms with Gasteiger partial charge in [0.25, 0.3) is 0 Å². The summed E-state index contributed by atoms with van der Waals surface area (Å²) in [5, 5.41) is 0. The Labute approximate surface area is 111 Å². The molecule has 0 heterocycles. The average molecular weight is 651 g/mol. The number of halogens is 3. The maximum absolute atomic E-state index is 10.6. The number of carbonyl (C=O) groups excluding carboxylic acids is 1. The van der Waals surface area contributed by atoms with Crippen molar-refractivity contribution in [3.63, 3.8) is 0 Å². The summed E-state index contributed by atoms with van der Waals surface area (Å²) < 4.78 is 4.66. The van der Waals surface area contributed by atoms with Crippen molar-refractivity contribution in [2.24, 2.45) is 0 Å². The fraction of sp³-hybridized carbons (Fsp3) is 0.667. The van der Waals surface area contributed by atoms with E-state index in [-0.39, 0.29) is 32.0 Å². The summed E-state index contributed by atoms with van der Waals surface area (Å²) in [5.74, 6) is -0.0727. The normalized spacial score (nSPS) is 11.2. The van der Waals surface area contributed by atoms with Gasteiger partial charge in [0.2, 0.25) is 0 Å². The van der Waals surface area contributed by atoms with E-state index in [9.17, 15) is 4.79 Å². The molecule has 0 atom stereocenters. The number of alkyl halides is 3. The SMILES string of the molecule is O=C(CC(I)(I)I)[O][Hg]. The molecule has 0 aliphatic rings. The quantitative estimate of drug-likeness (QED) is 0.261. The maximum atomic E-state index is 10.6. The van der Waals surface area contributed by atoms with Crippen molar-refractivity contribution in [1.82, 2.24) is 0 Å². The molecular weight excluding hydrogens is 649 g/mol. The molecule has 0 aromatic rings. The molecule has 0 aromatic carbocycles. The van der Waals surface area contributed by atoms with Crippen LogP contribution < -0.4 is 0 Å². The minimum absolute atomic E-state index is 0.0102. The van der Waals surface area contributed by atoms with E-state index in [1.54, 1.807) is 0 Å². The summed E-state index contributed by atoms with van der Waals surface area (Å²) in [5.41, 5.74) is 0. The molecule has 49 valence electrons. The second kappa shape index (κ2) is 5.28. The van der Waals surface area contributed by atoms with E-state index in [1.165, 1.54) is 0 Å². The number of rotatable bonds is 2. The van der Waals surface area contributed by atoms with Gasteiger partial charge in [-0.05, 0) is 0 Å². The van der Waals surface area contributed by atoms with Crippen LogP contribution in [0.2, 0.25) is 0 Å². The number of hydrogen-bond donors (Lipinski definition) is 0. The summed E-state index contributed by atoms with van der Waals surface area (Å²) in [4.78, 5) is 10.6. The fourth-order valence-corrected chi connectivity index (χ4v) is 1.55. The molecule has 0 amide bonds. The predicted octanol–water partition coefficient (Wildman–Crippen LogP) is 2.34. The van der Waals surface area contributed by atoms with E-state index in [2.05, 4.69) is 70.4 Å². The Morgan fingerprint density at radius 3 is 2.11 bits per heavy atom.